The molecule has 4 rings (SSSR count). The van der Waals surface area contributed by atoms with Crippen molar-refractivity contribution >= 4 is 23.4 Å². The quantitative estimate of drug-likeness (QED) is 0.568. The molecule has 7 atom stereocenters. The zero-order valence-corrected chi connectivity index (χ0v) is 19.0. The average Bonchev–Trinajstić information content (AvgIpc) is 2.97. The number of carboxylic acid groups (broad SMARTS) is 1. The molecule has 2 N–H and O–H groups in total. The molecule has 166 valence electrons. The number of carbonyl (C=O) groups excluding carboxylic acids is 1. The molecule has 0 heterocycles. The molecule has 0 aromatic rings. The van der Waals surface area contributed by atoms with E-state index in [1.807, 2.05) is 6.08 Å². The third-order valence-electron chi connectivity index (χ3n) is 9.51. The number of carboxylic acids is 1. The van der Waals surface area contributed by atoms with Gasteiger partial charge in [0.1, 0.15) is 0 Å². The first-order chi connectivity index (χ1) is 14.1. The van der Waals surface area contributed by atoms with Gasteiger partial charge in [-0.25, -0.2) is 0 Å². The van der Waals surface area contributed by atoms with Crippen LogP contribution in [0.15, 0.2) is 23.8 Å². The Labute approximate surface area is 184 Å². The molecule has 0 spiro atoms. The van der Waals surface area contributed by atoms with Crippen molar-refractivity contribution in [3.63, 3.8) is 0 Å². The van der Waals surface area contributed by atoms with Crippen LogP contribution < -0.4 is 0 Å². The SMILES string of the molecule is C[C@]12C=CC(=O)C=C1C[C@@H](CCCCl)[C@@H]1[C@@H]2CC[C@@]2(C)[C@H]1CC[C@@]2(O)CCC(=O)O. The maximum absolute atomic E-state index is 12.1. The monoisotopic (exact) mass is 434 g/mol. The van der Waals surface area contributed by atoms with Gasteiger partial charge in [0.15, 0.2) is 5.78 Å². The van der Waals surface area contributed by atoms with Gasteiger partial charge in [-0.05, 0) is 92.6 Å². The zero-order valence-electron chi connectivity index (χ0n) is 18.2. The van der Waals surface area contributed by atoms with Crippen molar-refractivity contribution in [3.8, 4) is 0 Å². The topological polar surface area (TPSA) is 74.6 Å². The molecule has 0 radical (unpaired) electrons. The smallest absolute Gasteiger partial charge is 0.303 e. The average molecular weight is 435 g/mol. The van der Waals surface area contributed by atoms with Crippen LogP contribution in [0.3, 0.4) is 0 Å². The van der Waals surface area contributed by atoms with Crippen molar-refractivity contribution < 1.29 is 19.8 Å². The summed E-state index contributed by atoms with van der Waals surface area (Å²) in [6.45, 7) is 4.51. The van der Waals surface area contributed by atoms with Gasteiger partial charge in [-0.3, -0.25) is 9.59 Å². The number of rotatable bonds is 6. The number of ketones is 1. The summed E-state index contributed by atoms with van der Waals surface area (Å²) in [4.78, 5) is 23.3. The molecule has 0 unspecified atom stereocenters. The first-order valence-corrected chi connectivity index (χ1v) is 12.1. The van der Waals surface area contributed by atoms with E-state index < -0.39 is 11.6 Å². The molecule has 0 amide bonds. The minimum absolute atomic E-state index is 0.0258. The zero-order chi connectivity index (χ0) is 21.7. The molecule has 0 saturated heterocycles. The summed E-state index contributed by atoms with van der Waals surface area (Å²) in [6.07, 6.45) is 12.7. The van der Waals surface area contributed by atoms with Crippen LogP contribution in [0.2, 0.25) is 0 Å². The van der Waals surface area contributed by atoms with Gasteiger partial charge < -0.3 is 10.2 Å². The fourth-order valence-corrected chi connectivity index (χ4v) is 7.97. The normalized spacial score (nSPS) is 44.8. The van der Waals surface area contributed by atoms with Crippen molar-refractivity contribution in [2.75, 3.05) is 5.88 Å². The Bertz CT molecular complexity index is 788. The fraction of sp³-hybridized carbons (Fsp3) is 0.760. The number of halogens is 1. The minimum Gasteiger partial charge on any atom is -0.481 e. The maximum Gasteiger partial charge on any atom is 0.303 e. The second-order valence-corrected chi connectivity index (χ2v) is 11.1. The van der Waals surface area contributed by atoms with E-state index in [9.17, 15) is 19.8 Å². The highest BCUT2D eigenvalue weighted by molar-refractivity contribution is 6.17. The van der Waals surface area contributed by atoms with Crippen LogP contribution in [0.25, 0.3) is 0 Å². The molecule has 0 aromatic carbocycles. The number of carbonyl (C=O) groups is 2. The lowest BCUT2D eigenvalue weighted by Crippen LogP contribution is -2.56. The van der Waals surface area contributed by atoms with Gasteiger partial charge in [0, 0.05) is 17.7 Å². The van der Waals surface area contributed by atoms with Crippen LogP contribution >= 0.6 is 11.6 Å². The highest BCUT2D eigenvalue weighted by Crippen LogP contribution is 2.69. The predicted molar refractivity (Wildman–Crippen MR) is 117 cm³/mol. The molecule has 4 aliphatic carbocycles. The second-order valence-electron chi connectivity index (χ2n) is 10.7. The number of hydrogen-bond donors (Lipinski definition) is 2. The highest BCUT2D eigenvalue weighted by atomic mass is 35.5. The lowest BCUT2D eigenvalue weighted by atomic mass is 9.44. The molecule has 0 aromatic heterocycles. The molecule has 3 saturated carbocycles. The number of alkyl halides is 1. The van der Waals surface area contributed by atoms with Crippen molar-refractivity contribution in [2.45, 2.75) is 77.2 Å². The van der Waals surface area contributed by atoms with Crippen molar-refractivity contribution in [1.29, 1.82) is 0 Å². The summed E-state index contributed by atoms with van der Waals surface area (Å²) >= 11 is 6.06. The lowest BCUT2D eigenvalue weighted by molar-refractivity contribution is -0.149. The van der Waals surface area contributed by atoms with Crippen molar-refractivity contribution in [2.24, 2.45) is 34.5 Å². The van der Waals surface area contributed by atoms with Gasteiger partial charge in [0.05, 0.1) is 5.60 Å². The third-order valence-corrected chi connectivity index (χ3v) is 9.78. The van der Waals surface area contributed by atoms with Crippen LogP contribution in [0.1, 0.15) is 71.6 Å². The number of aliphatic hydroxyl groups is 1. The van der Waals surface area contributed by atoms with Gasteiger partial charge in [0.2, 0.25) is 0 Å². The summed E-state index contributed by atoms with van der Waals surface area (Å²) in [6, 6.07) is 0. The van der Waals surface area contributed by atoms with E-state index in [2.05, 4.69) is 19.9 Å². The van der Waals surface area contributed by atoms with Gasteiger partial charge in [-0.1, -0.05) is 25.5 Å². The van der Waals surface area contributed by atoms with E-state index in [0.29, 0.717) is 42.4 Å². The molecule has 3 fully saturated rings. The van der Waals surface area contributed by atoms with Gasteiger partial charge in [0.25, 0.3) is 0 Å². The lowest BCUT2D eigenvalue weighted by Gasteiger charge is -2.60. The fourth-order valence-electron chi connectivity index (χ4n) is 7.82. The Morgan fingerprint density at radius 2 is 1.97 bits per heavy atom. The molecular formula is C25H35ClO4. The summed E-state index contributed by atoms with van der Waals surface area (Å²) in [5.74, 6) is 1.71. The summed E-state index contributed by atoms with van der Waals surface area (Å²) in [7, 11) is 0. The molecule has 4 nitrogen and oxygen atoms in total. The van der Waals surface area contributed by atoms with Crippen LogP contribution in [0, 0.1) is 34.5 Å². The van der Waals surface area contributed by atoms with Crippen LogP contribution in [0.4, 0.5) is 0 Å². The Morgan fingerprint density at radius 3 is 2.67 bits per heavy atom. The van der Waals surface area contributed by atoms with Crippen molar-refractivity contribution in [1.82, 2.24) is 0 Å². The van der Waals surface area contributed by atoms with E-state index >= 15 is 0 Å². The first-order valence-electron chi connectivity index (χ1n) is 11.6. The van der Waals surface area contributed by atoms with Crippen LogP contribution in [0.5, 0.6) is 0 Å². The summed E-state index contributed by atoms with van der Waals surface area (Å²) in [5.41, 5.74) is 0.0554. The van der Waals surface area contributed by atoms with Crippen LogP contribution in [-0.4, -0.2) is 33.4 Å². The first kappa shape index (κ1) is 22.1. The molecule has 5 heteroatoms. The summed E-state index contributed by atoms with van der Waals surface area (Å²) in [5, 5.41) is 20.8. The van der Waals surface area contributed by atoms with E-state index in [1.54, 1.807) is 6.08 Å². The van der Waals surface area contributed by atoms with Gasteiger partial charge in [-0.2, -0.15) is 0 Å². The van der Waals surface area contributed by atoms with Crippen LogP contribution in [-0.2, 0) is 9.59 Å². The summed E-state index contributed by atoms with van der Waals surface area (Å²) < 4.78 is 0. The van der Waals surface area contributed by atoms with E-state index in [0.717, 1.165) is 38.5 Å². The van der Waals surface area contributed by atoms with E-state index in [4.69, 9.17) is 11.6 Å². The van der Waals surface area contributed by atoms with E-state index in [1.165, 1.54) is 5.57 Å². The number of fused-ring (bicyclic) bond motifs is 5. The maximum atomic E-state index is 12.1. The van der Waals surface area contributed by atoms with Gasteiger partial charge >= 0.3 is 5.97 Å². The standard InChI is InChI=1S/C25H35ClO4/c1-23-9-5-18(27)15-17(23)14-16(4-3-13-26)22-19(23)6-10-24(2)20(22)7-11-25(24,30)12-8-21(28)29/h5,9,15-16,19-20,22,30H,3-4,6-8,10-14H2,1-2H3,(H,28,29)/t16-,19+,20+,22-,23+,24+,25-/m1/s1. The molecule has 0 aliphatic heterocycles. The molecular weight excluding hydrogens is 400 g/mol. The number of allylic oxidation sites excluding steroid dienone is 4. The highest BCUT2D eigenvalue weighted by Gasteiger charge is 2.64. The van der Waals surface area contributed by atoms with Crippen molar-refractivity contribution in [3.05, 3.63) is 23.8 Å². The third kappa shape index (κ3) is 3.30. The Kier molecular flexibility index (Phi) is 5.72. The molecule has 4 aliphatic rings. The number of hydrogen-bond acceptors (Lipinski definition) is 3. The Balaban J connectivity index is 1.69. The van der Waals surface area contributed by atoms with Gasteiger partial charge in [-0.15, -0.1) is 11.6 Å². The second kappa shape index (κ2) is 7.78. The minimum atomic E-state index is -0.895. The predicted octanol–water partition coefficient (Wildman–Crippen LogP) is 5.14. The largest absolute Gasteiger partial charge is 0.481 e. The molecule has 30 heavy (non-hydrogen) atoms. The molecule has 0 bridgehead atoms. The Morgan fingerprint density at radius 1 is 1.23 bits per heavy atom. The number of aliphatic carboxylic acids is 1. The van der Waals surface area contributed by atoms with E-state index in [-0.39, 0.29) is 23.0 Å². The Hall–Kier alpha value is -1.13.